The van der Waals surface area contributed by atoms with Crippen LogP contribution in [0.5, 0.6) is 0 Å². The molecule has 0 fully saturated rings. The Kier molecular flexibility index (Phi) is 7.25. The number of benzene rings is 1. The molecule has 1 N–H and O–H groups in total. The molecule has 0 saturated carbocycles. The predicted octanol–water partition coefficient (Wildman–Crippen LogP) is 2.37. The summed E-state index contributed by atoms with van der Waals surface area (Å²) in [5.41, 5.74) is 1.06. The van der Waals surface area contributed by atoms with Crippen molar-refractivity contribution in [1.29, 1.82) is 0 Å². The minimum absolute atomic E-state index is 0. The van der Waals surface area contributed by atoms with E-state index in [9.17, 15) is 4.79 Å². The van der Waals surface area contributed by atoms with Crippen LogP contribution >= 0.6 is 0 Å². The van der Waals surface area contributed by atoms with E-state index in [1.165, 1.54) is 12.3 Å². The molecule has 2 aromatic heterocycles. The van der Waals surface area contributed by atoms with E-state index < -0.39 is 5.97 Å². The number of hydrogen-bond donors (Lipinski definition) is 1. The van der Waals surface area contributed by atoms with Crippen molar-refractivity contribution in [1.82, 2.24) is 19.7 Å². The van der Waals surface area contributed by atoms with Crippen molar-refractivity contribution >= 4 is 5.97 Å². The molecule has 23 heavy (non-hydrogen) atoms. The van der Waals surface area contributed by atoms with E-state index in [0.717, 1.165) is 17.2 Å². The maximum atomic E-state index is 10.1. The van der Waals surface area contributed by atoms with Crippen molar-refractivity contribution in [2.45, 2.75) is 6.92 Å². The molecule has 0 aliphatic heterocycles. The Balaban J connectivity index is 0.000000235. The fourth-order valence-electron chi connectivity index (χ4n) is 1.66. The van der Waals surface area contributed by atoms with Crippen LogP contribution < -0.4 is 0 Å². The summed E-state index contributed by atoms with van der Waals surface area (Å²) in [5, 5.41) is 16.4. The fourth-order valence-corrected chi connectivity index (χ4v) is 1.66. The van der Waals surface area contributed by atoms with Gasteiger partial charge in [0, 0.05) is 33.3 Å². The van der Waals surface area contributed by atoms with Crippen molar-refractivity contribution in [2.75, 3.05) is 0 Å². The molecule has 3 aromatic rings. The Morgan fingerprint density at radius 2 is 1.91 bits per heavy atom. The first-order valence-corrected chi connectivity index (χ1v) is 6.57. The topological polar surface area (TPSA) is 80.9 Å². The van der Waals surface area contributed by atoms with Crippen LogP contribution in [0.3, 0.4) is 0 Å². The number of carboxylic acid groups (broad SMARTS) is 1. The van der Waals surface area contributed by atoms with Crippen molar-refractivity contribution in [2.24, 2.45) is 7.05 Å². The van der Waals surface area contributed by atoms with Gasteiger partial charge in [-0.3, -0.25) is 0 Å². The van der Waals surface area contributed by atoms with Gasteiger partial charge in [0.2, 0.25) is 0 Å². The first kappa shape index (κ1) is 18.7. The van der Waals surface area contributed by atoms with Gasteiger partial charge in [0.25, 0.3) is 0 Å². The first-order chi connectivity index (χ1) is 10.6. The van der Waals surface area contributed by atoms with Gasteiger partial charge < -0.3 is 9.67 Å². The molecule has 7 heteroatoms. The van der Waals surface area contributed by atoms with Crippen molar-refractivity contribution in [3.8, 4) is 11.4 Å². The summed E-state index contributed by atoms with van der Waals surface area (Å²) < 4.78 is 1.95. The summed E-state index contributed by atoms with van der Waals surface area (Å²) in [6.07, 6.45) is 1.45. The molecule has 0 aliphatic carbocycles. The molecular weight excluding hydrogens is 472 g/mol. The Hall–Kier alpha value is -2.37. The summed E-state index contributed by atoms with van der Waals surface area (Å²) in [6.45, 7) is 1.93. The zero-order valence-corrected chi connectivity index (χ0v) is 15.0. The van der Waals surface area contributed by atoms with Gasteiger partial charge in [-0.05, 0) is 19.1 Å². The number of aromatic nitrogens is 4. The Morgan fingerprint density at radius 3 is 2.35 bits per heavy atom. The second-order valence-corrected chi connectivity index (χ2v) is 4.43. The van der Waals surface area contributed by atoms with Crippen molar-refractivity contribution < 1.29 is 30.0 Å². The third kappa shape index (κ3) is 5.09. The Bertz CT molecular complexity index is 745. The maximum Gasteiger partial charge on any atom is 0.354 e. The molecular formula is C16H15IrN4O2-. The SMILES string of the molecule is Cc1nnc(-c2[c-]cccc2)n1C.O=C(O)c1ccccn1.[Ir]. The van der Waals surface area contributed by atoms with E-state index in [-0.39, 0.29) is 25.8 Å². The van der Waals surface area contributed by atoms with Gasteiger partial charge >= 0.3 is 5.97 Å². The third-order valence-electron chi connectivity index (χ3n) is 2.93. The van der Waals surface area contributed by atoms with E-state index >= 15 is 0 Å². The smallest absolute Gasteiger partial charge is 0.354 e. The quantitative estimate of drug-likeness (QED) is 0.562. The number of carboxylic acids is 1. The van der Waals surface area contributed by atoms with Crippen LogP contribution in [0, 0.1) is 13.0 Å². The molecule has 0 saturated heterocycles. The minimum Gasteiger partial charge on any atom is -0.477 e. The molecule has 2 heterocycles. The van der Waals surface area contributed by atoms with Crippen LogP contribution in [0.25, 0.3) is 11.4 Å². The molecule has 0 spiro atoms. The van der Waals surface area contributed by atoms with Crippen LogP contribution in [0.2, 0.25) is 0 Å². The van der Waals surface area contributed by atoms with Crippen LogP contribution in [0.15, 0.2) is 48.7 Å². The first-order valence-electron chi connectivity index (χ1n) is 6.57. The molecule has 1 aromatic carbocycles. The minimum atomic E-state index is -0.990. The molecule has 6 nitrogen and oxygen atoms in total. The van der Waals surface area contributed by atoms with E-state index in [4.69, 9.17) is 5.11 Å². The summed E-state index contributed by atoms with van der Waals surface area (Å²) in [7, 11) is 1.95. The van der Waals surface area contributed by atoms with Gasteiger partial charge in [-0.1, -0.05) is 6.07 Å². The van der Waals surface area contributed by atoms with Gasteiger partial charge in [-0.25, -0.2) is 9.78 Å². The zero-order chi connectivity index (χ0) is 15.9. The van der Waals surface area contributed by atoms with Gasteiger partial charge in [-0.2, -0.15) is 5.10 Å². The average molecular weight is 488 g/mol. The van der Waals surface area contributed by atoms with E-state index in [2.05, 4.69) is 21.2 Å². The molecule has 0 atom stereocenters. The van der Waals surface area contributed by atoms with Crippen LogP contribution in [-0.4, -0.2) is 30.8 Å². The van der Waals surface area contributed by atoms with E-state index in [1.807, 2.05) is 42.8 Å². The monoisotopic (exact) mass is 488 g/mol. The van der Waals surface area contributed by atoms with Crippen molar-refractivity contribution in [3.05, 3.63) is 66.2 Å². The summed E-state index contributed by atoms with van der Waals surface area (Å²) in [5.74, 6) is 0.779. The molecule has 0 aliphatic rings. The Morgan fingerprint density at radius 1 is 1.17 bits per heavy atom. The van der Waals surface area contributed by atoms with Crippen LogP contribution in [-0.2, 0) is 27.2 Å². The van der Waals surface area contributed by atoms with Gasteiger partial charge in [-0.15, -0.1) is 41.0 Å². The number of nitrogens with zero attached hydrogens (tertiary/aromatic N) is 4. The number of pyridine rings is 1. The summed E-state index contributed by atoms with van der Waals surface area (Å²) in [6, 6.07) is 15.6. The second kappa shape index (κ2) is 8.92. The maximum absolute atomic E-state index is 10.1. The van der Waals surface area contributed by atoms with Crippen LogP contribution in [0.4, 0.5) is 0 Å². The predicted molar refractivity (Wildman–Crippen MR) is 81.2 cm³/mol. The number of hydrogen-bond acceptors (Lipinski definition) is 4. The van der Waals surface area contributed by atoms with E-state index in [0.29, 0.717) is 0 Å². The molecule has 0 bridgehead atoms. The van der Waals surface area contributed by atoms with Gasteiger partial charge in [0.15, 0.2) is 0 Å². The fraction of sp³-hybridized carbons (Fsp3) is 0.125. The molecule has 0 unspecified atom stereocenters. The van der Waals surface area contributed by atoms with Crippen LogP contribution in [0.1, 0.15) is 16.3 Å². The standard InChI is InChI=1S/C10H10N3.C6H5NO2.Ir/c1-8-11-12-10(13(8)2)9-6-4-3-5-7-9;8-6(9)5-3-1-2-4-7-5;/h3-6H,1-2H3;1-4H,(H,8,9);/q-1;;. The van der Waals surface area contributed by atoms with Gasteiger partial charge in [0.1, 0.15) is 11.5 Å². The number of rotatable bonds is 2. The molecule has 121 valence electrons. The molecule has 3 rings (SSSR count). The van der Waals surface area contributed by atoms with Crippen molar-refractivity contribution in [3.63, 3.8) is 0 Å². The largest absolute Gasteiger partial charge is 0.477 e. The normalized spacial score (nSPS) is 9.30. The number of aryl methyl sites for hydroxylation is 1. The molecule has 1 radical (unpaired) electrons. The average Bonchev–Trinajstić information content (AvgIpc) is 2.89. The number of aromatic carboxylic acids is 1. The zero-order valence-electron chi connectivity index (χ0n) is 12.6. The van der Waals surface area contributed by atoms with Gasteiger partial charge in [0.05, 0.1) is 5.82 Å². The molecule has 0 amide bonds. The Labute approximate surface area is 147 Å². The summed E-state index contributed by atoms with van der Waals surface area (Å²) >= 11 is 0. The number of carbonyl (C=O) groups is 1. The van der Waals surface area contributed by atoms with E-state index in [1.54, 1.807) is 12.1 Å². The third-order valence-corrected chi connectivity index (χ3v) is 2.93. The second-order valence-electron chi connectivity index (χ2n) is 4.43. The summed E-state index contributed by atoms with van der Waals surface area (Å²) in [4.78, 5) is 13.7.